The first-order valence-corrected chi connectivity index (χ1v) is 7.87. The Morgan fingerprint density at radius 2 is 2.04 bits per heavy atom. The molecule has 0 bridgehead atoms. The quantitative estimate of drug-likeness (QED) is 0.736. The van der Waals surface area contributed by atoms with Crippen molar-refractivity contribution in [3.05, 3.63) is 53.5 Å². The van der Waals surface area contributed by atoms with Crippen LogP contribution in [0, 0.1) is 5.82 Å². The van der Waals surface area contributed by atoms with Crippen molar-refractivity contribution in [2.75, 3.05) is 0 Å². The van der Waals surface area contributed by atoms with Gasteiger partial charge in [0.05, 0.1) is 25.2 Å². The minimum absolute atomic E-state index is 0.130. The molecule has 0 N–H and O–H groups in total. The molecule has 1 aliphatic rings. The molecule has 0 unspecified atom stereocenters. The van der Waals surface area contributed by atoms with Crippen molar-refractivity contribution in [2.24, 2.45) is 0 Å². The van der Waals surface area contributed by atoms with Crippen molar-refractivity contribution in [3.8, 4) is 11.6 Å². The number of fused-ring (bicyclic) bond motifs is 1. The zero-order valence-corrected chi connectivity index (χ0v) is 13.4. The van der Waals surface area contributed by atoms with Crippen LogP contribution in [0.1, 0.15) is 43.0 Å². The van der Waals surface area contributed by atoms with Crippen LogP contribution in [0.3, 0.4) is 0 Å². The molecule has 0 saturated carbocycles. The molecule has 6 nitrogen and oxygen atoms in total. The number of ether oxygens (including phenoxy) is 1. The van der Waals surface area contributed by atoms with Crippen LogP contribution in [0.15, 0.2) is 35.1 Å². The molecule has 3 heterocycles. The van der Waals surface area contributed by atoms with E-state index in [0.717, 1.165) is 11.3 Å². The van der Waals surface area contributed by atoms with E-state index in [1.54, 1.807) is 18.5 Å². The van der Waals surface area contributed by atoms with Gasteiger partial charge < -0.3 is 13.8 Å². The summed E-state index contributed by atoms with van der Waals surface area (Å²) < 4.78 is 26.3. The summed E-state index contributed by atoms with van der Waals surface area (Å²) in [5.74, 6) is 1.02. The molecular weight excluding hydrogens is 311 g/mol. The van der Waals surface area contributed by atoms with Crippen molar-refractivity contribution in [3.63, 3.8) is 0 Å². The summed E-state index contributed by atoms with van der Waals surface area (Å²) in [6.07, 6.45) is 1.62. The molecule has 1 aliphatic heterocycles. The summed E-state index contributed by atoms with van der Waals surface area (Å²) >= 11 is 0. The minimum atomic E-state index is -0.252. The van der Waals surface area contributed by atoms with Gasteiger partial charge in [0.1, 0.15) is 11.9 Å². The van der Waals surface area contributed by atoms with Gasteiger partial charge in [-0.05, 0) is 17.7 Å². The van der Waals surface area contributed by atoms with Gasteiger partial charge in [0.15, 0.2) is 11.5 Å². The van der Waals surface area contributed by atoms with E-state index in [-0.39, 0.29) is 17.8 Å². The molecule has 124 valence electrons. The molecule has 0 spiro atoms. The molecule has 0 fully saturated rings. The Kier molecular flexibility index (Phi) is 3.65. The Hall–Kier alpha value is -2.54. The Bertz CT molecular complexity index is 854. The number of aromatic nitrogens is 4. The molecule has 1 aromatic carbocycles. The monoisotopic (exact) mass is 328 g/mol. The van der Waals surface area contributed by atoms with Gasteiger partial charge in [0.2, 0.25) is 0 Å². The first-order chi connectivity index (χ1) is 11.6. The van der Waals surface area contributed by atoms with Crippen LogP contribution in [-0.2, 0) is 17.9 Å². The van der Waals surface area contributed by atoms with Crippen molar-refractivity contribution in [2.45, 2.75) is 39.0 Å². The van der Waals surface area contributed by atoms with Gasteiger partial charge in [-0.2, -0.15) is 4.98 Å². The van der Waals surface area contributed by atoms with Gasteiger partial charge in [-0.15, -0.1) is 0 Å². The Balaban J connectivity index is 1.60. The first kappa shape index (κ1) is 15.0. The lowest BCUT2D eigenvalue weighted by molar-refractivity contribution is 0.00327. The predicted molar refractivity (Wildman–Crippen MR) is 83.5 cm³/mol. The van der Waals surface area contributed by atoms with Gasteiger partial charge in [-0.1, -0.05) is 31.1 Å². The van der Waals surface area contributed by atoms with Crippen LogP contribution >= 0.6 is 0 Å². The number of benzene rings is 1. The van der Waals surface area contributed by atoms with Gasteiger partial charge >= 0.3 is 0 Å². The molecule has 7 heteroatoms. The third-order valence-corrected chi connectivity index (χ3v) is 4.13. The SMILES string of the molecule is CC(C)c1noc(-c2ncn3c2CO[C@H](c2ccc(F)cc2)C3)n1. The molecule has 4 rings (SSSR count). The third kappa shape index (κ3) is 2.60. The van der Waals surface area contributed by atoms with Gasteiger partial charge in [-0.3, -0.25) is 0 Å². The molecule has 0 radical (unpaired) electrons. The lowest BCUT2D eigenvalue weighted by Crippen LogP contribution is -2.20. The maximum Gasteiger partial charge on any atom is 0.278 e. The molecule has 3 aromatic rings. The van der Waals surface area contributed by atoms with Crippen LogP contribution in [0.5, 0.6) is 0 Å². The van der Waals surface area contributed by atoms with Gasteiger partial charge in [0, 0.05) is 5.92 Å². The van der Waals surface area contributed by atoms with Crippen LogP contribution in [0.25, 0.3) is 11.6 Å². The average molecular weight is 328 g/mol. The standard InChI is InChI=1S/C17H17FN4O2/c1-10(2)16-20-17(24-21-16)15-13-8-23-14(7-22(13)9-19-15)11-3-5-12(18)6-4-11/h3-6,9-10,14H,7-8H2,1-2H3/t14-/m0/s1. The highest BCUT2D eigenvalue weighted by atomic mass is 19.1. The van der Waals surface area contributed by atoms with Crippen LogP contribution in [0.2, 0.25) is 0 Å². The molecule has 0 saturated heterocycles. The first-order valence-electron chi connectivity index (χ1n) is 7.87. The molecule has 24 heavy (non-hydrogen) atoms. The summed E-state index contributed by atoms with van der Waals surface area (Å²) in [6, 6.07) is 6.38. The Morgan fingerprint density at radius 3 is 2.75 bits per heavy atom. The average Bonchev–Trinajstić information content (AvgIpc) is 3.21. The van der Waals surface area contributed by atoms with Crippen molar-refractivity contribution < 1.29 is 13.7 Å². The summed E-state index contributed by atoms with van der Waals surface area (Å²) in [6.45, 7) is 5.01. The summed E-state index contributed by atoms with van der Waals surface area (Å²) in [4.78, 5) is 8.81. The highest BCUT2D eigenvalue weighted by Crippen LogP contribution is 2.31. The van der Waals surface area contributed by atoms with Crippen LogP contribution in [-0.4, -0.2) is 19.7 Å². The van der Waals surface area contributed by atoms with E-state index >= 15 is 0 Å². The van der Waals surface area contributed by atoms with E-state index < -0.39 is 0 Å². The lowest BCUT2D eigenvalue weighted by Gasteiger charge is -2.25. The summed E-state index contributed by atoms with van der Waals surface area (Å²) in [5, 5.41) is 3.98. The molecular formula is C17H17FN4O2. The molecule has 2 aromatic heterocycles. The minimum Gasteiger partial charge on any atom is -0.365 e. The number of hydrogen-bond acceptors (Lipinski definition) is 5. The van der Waals surface area contributed by atoms with E-state index in [9.17, 15) is 4.39 Å². The van der Waals surface area contributed by atoms with Crippen molar-refractivity contribution in [1.82, 2.24) is 19.7 Å². The molecule has 1 atom stereocenters. The zero-order chi connectivity index (χ0) is 16.7. The summed E-state index contributed by atoms with van der Waals surface area (Å²) in [5.41, 5.74) is 2.51. The normalized spacial score (nSPS) is 17.2. The highest BCUT2D eigenvalue weighted by molar-refractivity contribution is 5.51. The number of imidazole rings is 1. The van der Waals surface area contributed by atoms with E-state index in [1.807, 2.05) is 18.4 Å². The number of halogens is 1. The summed E-state index contributed by atoms with van der Waals surface area (Å²) in [7, 11) is 0. The van der Waals surface area contributed by atoms with Crippen molar-refractivity contribution in [1.29, 1.82) is 0 Å². The molecule has 0 amide bonds. The van der Waals surface area contributed by atoms with E-state index in [2.05, 4.69) is 15.1 Å². The fourth-order valence-electron chi connectivity index (χ4n) is 2.75. The fraction of sp³-hybridized carbons (Fsp3) is 0.353. The fourth-order valence-corrected chi connectivity index (χ4v) is 2.75. The highest BCUT2D eigenvalue weighted by Gasteiger charge is 2.26. The maximum atomic E-state index is 13.1. The topological polar surface area (TPSA) is 66.0 Å². The van der Waals surface area contributed by atoms with E-state index in [1.165, 1.54) is 12.1 Å². The smallest absolute Gasteiger partial charge is 0.278 e. The second-order valence-corrected chi connectivity index (χ2v) is 6.16. The second-order valence-electron chi connectivity index (χ2n) is 6.16. The molecule has 0 aliphatic carbocycles. The maximum absolute atomic E-state index is 13.1. The van der Waals surface area contributed by atoms with Crippen LogP contribution in [0.4, 0.5) is 4.39 Å². The predicted octanol–water partition coefficient (Wildman–Crippen LogP) is 3.47. The Morgan fingerprint density at radius 1 is 1.25 bits per heavy atom. The Labute approximate surface area is 138 Å². The van der Waals surface area contributed by atoms with Gasteiger partial charge in [-0.25, -0.2) is 9.37 Å². The van der Waals surface area contributed by atoms with Crippen LogP contribution < -0.4 is 0 Å². The van der Waals surface area contributed by atoms with Gasteiger partial charge in [0.25, 0.3) is 5.89 Å². The van der Waals surface area contributed by atoms with E-state index in [4.69, 9.17) is 9.26 Å². The zero-order valence-electron chi connectivity index (χ0n) is 13.4. The van der Waals surface area contributed by atoms with E-state index in [0.29, 0.717) is 30.6 Å². The largest absolute Gasteiger partial charge is 0.365 e. The third-order valence-electron chi connectivity index (χ3n) is 4.13. The number of nitrogens with zero attached hydrogens (tertiary/aromatic N) is 4. The number of hydrogen-bond donors (Lipinski definition) is 0. The van der Waals surface area contributed by atoms with Crippen molar-refractivity contribution >= 4 is 0 Å². The lowest BCUT2D eigenvalue weighted by atomic mass is 10.1. The second kappa shape index (κ2) is 5.83. The number of rotatable bonds is 3.